The van der Waals surface area contributed by atoms with Crippen molar-refractivity contribution in [3.8, 4) is 0 Å². The van der Waals surface area contributed by atoms with E-state index in [4.69, 9.17) is 11.5 Å². The van der Waals surface area contributed by atoms with Gasteiger partial charge in [-0.15, -0.1) is 0 Å². The largest absolute Gasteiger partial charge is 0.395 e. The van der Waals surface area contributed by atoms with Crippen LogP contribution in [0.25, 0.3) is 5.57 Å². The average Bonchev–Trinajstić information content (AvgIpc) is 2.67. The number of allylic oxidation sites excluding steroid dienone is 4. The molecule has 0 fully saturated rings. The lowest BCUT2D eigenvalue weighted by Gasteiger charge is -2.14. The summed E-state index contributed by atoms with van der Waals surface area (Å²) in [6.07, 6.45) is 8.36. The van der Waals surface area contributed by atoms with Crippen molar-refractivity contribution < 1.29 is 8.78 Å². The second-order valence-corrected chi connectivity index (χ2v) is 5.69. The molecule has 6 heteroatoms. The molecule has 4 nitrogen and oxygen atoms in total. The predicted octanol–water partition coefficient (Wildman–Crippen LogP) is 4.46. The number of hydrogen-bond donors (Lipinski definition) is 2. The van der Waals surface area contributed by atoms with E-state index < -0.39 is 11.6 Å². The molecule has 2 aromatic rings. The van der Waals surface area contributed by atoms with Gasteiger partial charge in [0.25, 0.3) is 0 Å². The summed E-state index contributed by atoms with van der Waals surface area (Å²) in [6, 6.07) is 3.40. The number of nitrogens with two attached hydrogens (primary N) is 2. The van der Waals surface area contributed by atoms with Gasteiger partial charge in [-0.25, -0.2) is 18.7 Å². The first-order valence-corrected chi connectivity index (χ1v) is 8.76. The van der Waals surface area contributed by atoms with Crippen LogP contribution >= 0.6 is 0 Å². The summed E-state index contributed by atoms with van der Waals surface area (Å²) < 4.78 is 27.0. The first kappa shape index (κ1) is 19.6. The smallest absolute Gasteiger partial charge is 0.220 e. The molecule has 0 saturated carbocycles. The summed E-state index contributed by atoms with van der Waals surface area (Å²) in [5.74, 6) is -0.789. The third kappa shape index (κ3) is 4.65. The van der Waals surface area contributed by atoms with Crippen LogP contribution in [0.3, 0.4) is 0 Å². The van der Waals surface area contributed by atoms with E-state index in [2.05, 4.69) is 16.0 Å². The molecule has 138 valence electrons. The van der Waals surface area contributed by atoms with Gasteiger partial charge < -0.3 is 11.5 Å². The quantitative estimate of drug-likeness (QED) is 0.845. The molecule has 1 aromatic heterocycles. The van der Waals surface area contributed by atoms with Crippen molar-refractivity contribution in [3.63, 3.8) is 0 Å². The minimum Gasteiger partial charge on any atom is -0.395 e. The summed E-state index contributed by atoms with van der Waals surface area (Å²) in [5, 5.41) is 0. The van der Waals surface area contributed by atoms with Crippen molar-refractivity contribution in [2.24, 2.45) is 0 Å². The van der Waals surface area contributed by atoms with E-state index in [0.29, 0.717) is 23.5 Å². The van der Waals surface area contributed by atoms with E-state index in [9.17, 15) is 8.78 Å². The van der Waals surface area contributed by atoms with Gasteiger partial charge in [-0.1, -0.05) is 32.1 Å². The van der Waals surface area contributed by atoms with E-state index in [1.165, 1.54) is 6.07 Å². The van der Waals surface area contributed by atoms with Crippen molar-refractivity contribution in [2.75, 3.05) is 11.5 Å². The number of hydrogen-bond acceptors (Lipinski definition) is 4. The average molecular weight is 358 g/mol. The van der Waals surface area contributed by atoms with Crippen molar-refractivity contribution in [2.45, 2.75) is 39.5 Å². The van der Waals surface area contributed by atoms with Crippen LogP contribution in [0.15, 0.2) is 36.4 Å². The number of anilines is 2. The first-order chi connectivity index (χ1) is 12.5. The van der Waals surface area contributed by atoms with Crippen molar-refractivity contribution >= 4 is 17.2 Å². The van der Waals surface area contributed by atoms with Gasteiger partial charge in [0.2, 0.25) is 5.95 Å². The Morgan fingerprint density at radius 2 is 1.85 bits per heavy atom. The molecule has 1 aromatic carbocycles. The normalized spacial score (nSPS) is 13.0. The highest BCUT2D eigenvalue weighted by Crippen LogP contribution is 2.29. The zero-order valence-corrected chi connectivity index (χ0v) is 15.1. The third-order valence-corrected chi connectivity index (χ3v) is 4.00. The summed E-state index contributed by atoms with van der Waals surface area (Å²) >= 11 is 0. The maximum absolute atomic E-state index is 13.8. The Hall–Kier alpha value is -2.76. The van der Waals surface area contributed by atoms with Gasteiger partial charge in [-0.05, 0) is 55.0 Å². The molecule has 0 atom stereocenters. The molecule has 0 radical (unpaired) electrons. The van der Waals surface area contributed by atoms with E-state index in [0.717, 1.165) is 30.5 Å². The van der Waals surface area contributed by atoms with Crippen LogP contribution in [0, 0.1) is 11.6 Å². The van der Waals surface area contributed by atoms with E-state index in [-0.39, 0.29) is 17.9 Å². The molecule has 0 aliphatic heterocycles. The van der Waals surface area contributed by atoms with E-state index in [1.54, 1.807) is 0 Å². The second-order valence-electron chi connectivity index (χ2n) is 5.69. The van der Waals surface area contributed by atoms with Gasteiger partial charge in [0.05, 0.1) is 17.1 Å². The maximum atomic E-state index is 13.8. The fraction of sp³-hybridized carbons (Fsp3) is 0.300. The minimum absolute atomic E-state index is 0.129. The molecule has 1 aliphatic rings. The number of benzene rings is 1. The van der Waals surface area contributed by atoms with Crippen LogP contribution in [0.2, 0.25) is 0 Å². The Morgan fingerprint density at radius 1 is 1.08 bits per heavy atom. The lowest BCUT2D eigenvalue weighted by molar-refractivity contribution is 0.584. The molecule has 0 saturated heterocycles. The SMILES string of the molecule is CC.Nc1nc(CCc2cc(F)ccc2F)c(N)c(C2=CC=CCC2)n1. The Kier molecular flexibility index (Phi) is 6.83. The molecule has 26 heavy (non-hydrogen) atoms. The lowest BCUT2D eigenvalue weighted by atomic mass is 9.98. The summed E-state index contributed by atoms with van der Waals surface area (Å²) in [7, 11) is 0. The fourth-order valence-electron chi connectivity index (χ4n) is 2.76. The highest BCUT2D eigenvalue weighted by molar-refractivity contribution is 5.75. The molecule has 4 N–H and O–H groups in total. The monoisotopic (exact) mass is 358 g/mol. The van der Waals surface area contributed by atoms with Crippen molar-refractivity contribution in [1.29, 1.82) is 0 Å². The van der Waals surface area contributed by atoms with E-state index >= 15 is 0 Å². The maximum Gasteiger partial charge on any atom is 0.220 e. The number of halogens is 2. The molecule has 0 bridgehead atoms. The zero-order chi connectivity index (χ0) is 19.1. The highest BCUT2D eigenvalue weighted by Gasteiger charge is 2.15. The lowest BCUT2D eigenvalue weighted by Crippen LogP contribution is -2.10. The standard InChI is InChI=1S/C18H18F2N4.C2H6/c19-13-7-8-14(20)12(10-13)6-9-15-16(21)17(24-18(22)23-15)11-4-2-1-3-5-11;1-2/h1-2,4,7-8,10H,3,5-6,9,21H2,(H2,22,23,24);1-2H3. The molecule has 3 rings (SSSR count). The summed E-state index contributed by atoms with van der Waals surface area (Å²) in [5.41, 5.74) is 14.9. The van der Waals surface area contributed by atoms with Gasteiger partial charge in [0, 0.05) is 0 Å². The molecule has 1 heterocycles. The van der Waals surface area contributed by atoms with Gasteiger partial charge >= 0.3 is 0 Å². The number of aromatic nitrogens is 2. The van der Waals surface area contributed by atoms with Gasteiger partial charge in [0.1, 0.15) is 11.6 Å². The number of rotatable bonds is 4. The van der Waals surface area contributed by atoms with Gasteiger partial charge in [-0.2, -0.15) is 0 Å². The Labute approximate surface area is 152 Å². The number of nitrogen functional groups attached to an aromatic ring is 2. The molecule has 0 unspecified atom stereocenters. The molecule has 1 aliphatic carbocycles. The zero-order valence-electron chi connectivity index (χ0n) is 15.1. The fourth-order valence-corrected chi connectivity index (χ4v) is 2.76. The Bertz CT molecular complexity index is 829. The highest BCUT2D eigenvalue weighted by atomic mass is 19.1. The van der Waals surface area contributed by atoms with Crippen LogP contribution in [0.1, 0.15) is 43.6 Å². The van der Waals surface area contributed by atoms with Crippen molar-refractivity contribution in [1.82, 2.24) is 9.97 Å². The Morgan fingerprint density at radius 3 is 2.54 bits per heavy atom. The first-order valence-electron chi connectivity index (χ1n) is 8.76. The third-order valence-electron chi connectivity index (χ3n) is 4.00. The van der Waals surface area contributed by atoms with Crippen LogP contribution < -0.4 is 11.5 Å². The molecule has 0 amide bonds. The predicted molar refractivity (Wildman–Crippen MR) is 102 cm³/mol. The topological polar surface area (TPSA) is 77.8 Å². The summed E-state index contributed by atoms with van der Waals surface area (Å²) in [4.78, 5) is 8.42. The molecular weight excluding hydrogens is 334 g/mol. The van der Waals surface area contributed by atoms with Crippen LogP contribution in [-0.4, -0.2) is 9.97 Å². The Balaban J connectivity index is 0.00000117. The minimum atomic E-state index is -0.471. The van der Waals surface area contributed by atoms with Crippen LogP contribution in [0.4, 0.5) is 20.4 Å². The van der Waals surface area contributed by atoms with E-state index in [1.807, 2.05) is 26.0 Å². The number of aryl methyl sites for hydroxylation is 2. The van der Waals surface area contributed by atoms with Gasteiger partial charge in [-0.3, -0.25) is 0 Å². The number of nitrogens with zero attached hydrogens (tertiary/aromatic N) is 2. The summed E-state index contributed by atoms with van der Waals surface area (Å²) in [6.45, 7) is 4.00. The second kappa shape index (κ2) is 9.08. The van der Waals surface area contributed by atoms with Gasteiger partial charge in [0.15, 0.2) is 0 Å². The van der Waals surface area contributed by atoms with Crippen LogP contribution in [-0.2, 0) is 12.8 Å². The van der Waals surface area contributed by atoms with Crippen LogP contribution in [0.5, 0.6) is 0 Å². The van der Waals surface area contributed by atoms with Crippen molar-refractivity contribution in [3.05, 3.63) is 65.0 Å². The molecular formula is C20H24F2N4. The molecule has 0 spiro atoms.